The predicted octanol–water partition coefficient (Wildman–Crippen LogP) is 6.28. The van der Waals surface area contributed by atoms with Crippen LogP contribution in [-0.4, -0.2) is 15.8 Å². The zero-order valence-corrected chi connectivity index (χ0v) is 17.7. The van der Waals surface area contributed by atoms with Gasteiger partial charge in [-0.3, -0.25) is 10.1 Å². The Labute approximate surface area is 188 Å². The highest BCUT2D eigenvalue weighted by Crippen LogP contribution is 2.31. The molecule has 11 heteroatoms. The van der Waals surface area contributed by atoms with E-state index in [-0.39, 0.29) is 11.6 Å². The summed E-state index contributed by atoms with van der Waals surface area (Å²) < 4.78 is 19.9. The average molecular weight is 477 g/mol. The van der Waals surface area contributed by atoms with Gasteiger partial charge in [0, 0.05) is 16.0 Å². The van der Waals surface area contributed by atoms with Gasteiger partial charge in [-0.2, -0.15) is 5.10 Å². The van der Waals surface area contributed by atoms with Gasteiger partial charge in [-0.05, 0) is 48.5 Å². The van der Waals surface area contributed by atoms with E-state index >= 15 is 0 Å². The zero-order chi connectivity index (χ0) is 22.0. The molecule has 0 amide bonds. The summed E-state index contributed by atoms with van der Waals surface area (Å²) in [7, 11) is 0. The van der Waals surface area contributed by atoms with Crippen molar-refractivity contribution in [2.75, 3.05) is 0 Å². The number of furan rings is 1. The van der Waals surface area contributed by atoms with Crippen LogP contribution in [0.2, 0.25) is 10.0 Å². The van der Waals surface area contributed by atoms with Crippen LogP contribution in [0.25, 0.3) is 11.3 Å². The standard InChI is InChI=1S/C20H11Cl2FN4O3S/c21-12-1-7-16(17(22)9-12)18-11-31-20(25-14-4-2-13(23)3-5-14)26(18)24-10-15-6-8-19(30-15)27(28)29/h1-11H. The fraction of sp³-hybridized carbons (Fsp3) is 0. The first kappa shape index (κ1) is 21.0. The lowest BCUT2D eigenvalue weighted by Gasteiger charge is -2.06. The third-order valence-corrected chi connectivity index (χ3v) is 5.40. The molecule has 2 heterocycles. The molecular weight excluding hydrogens is 466 g/mol. The second kappa shape index (κ2) is 8.84. The number of hydrogen-bond acceptors (Lipinski definition) is 6. The molecule has 156 valence electrons. The Hall–Kier alpha value is -3.27. The Kier molecular flexibility index (Phi) is 5.99. The van der Waals surface area contributed by atoms with Gasteiger partial charge in [0.15, 0.2) is 5.76 Å². The van der Waals surface area contributed by atoms with E-state index in [4.69, 9.17) is 27.6 Å². The third kappa shape index (κ3) is 4.74. The van der Waals surface area contributed by atoms with Crippen molar-refractivity contribution in [2.45, 2.75) is 0 Å². The highest BCUT2D eigenvalue weighted by molar-refractivity contribution is 7.07. The lowest BCUT2D eigenvalue weighted by Crippen LogP contribution is -2.11. The van der Waals surface area contributed by atoms with E-state index in [0.29, 0.717) is 31.8 Å². The summed E-state index contributed by atoms with van der Waals surface area (Å²) >= 11 is 13.7. The Balaban J connectivity index is 1.84. The molecule has 0 radical (unpaired) electrons. The van der Waals surface area contributed by atoms with Crippen LogP contribution in [0.5, 0.6) is 0 Å². The molecular formula is C20H11Cl2FN4O3S. The summed E-state index contributed by atoms with van der Waals surface area (Å²) in [5.41, 5.74) is 1.80. The SMILES string of the molecule is O=[N+]([O-])c1ccc(C=Nn2c(-c3ccc(Cl)cc3Cl)csc2=Nc2ccc(F)cc2)o1. The lowest BCUT2D eigenvalue weighted by molar-refractivity contribution is -0.402. The fourth-order valence-electron chi connectivity index (χ4n) is 2.62. The Morgan fingerprint density at radius 3 is 2.58 bits per heavy atom. The first-order valence-corrected chi connectivity index (χ1v) is 10.3. The highest BCUT2D eigenvalue weighted by atomic mass is 35.5. The maximum absolute atomic E-state index is 13.2. The van der Waals surface area contributed by atoms with E-state index in [1.54, 1.807) is 23.6 Å². The quantitative estimate of drug-likeness (QED) is 0.193. The molecule has 7 nitrogen and oxygen atoms in total. The van der Waals surface area contributed by atoms with E-state index in [2.05, 4.69) is 10.1 Å². The van der Waals surface area contributed by atoms with Crippen molar-refractivity contribution in [3.8, 4) is 11.3 Å². The van der Waals surface area contributed by atoms with Crippen molar-refractivity contribution in [3.63, 3.8) is 0 Å². The number of thiazole rings is 1. The van der Waals surface area contributed by atoms with Gasteiger partial charge in [0.25, 0.3) is 0 Å². The van der Waals surface area contributed by atoms with Crippen LogP contribution in [0.3, 0.4) is 0 Å². The second-order valence-corrected chi connectivity index (χ2v) is 7.79. The number of benzene rings is 2. The second-order valence-electron chi connectivity index (χ2n) is 6.11. The van der Waals surface area contributed by atoms with Crippen LogP contribution in [-0.2, 0) is 0 Å². The monoisotopic (exact) mass is 476 g/mol. The molecule has 0 spiro atoms. The number of aromatic nitrogens is 1. The average Bonchev–Trinajstić information content (AvgIpc) is 3.36. The van der Waals surface area contributed by atoms with Crippen LogP contribution in [0.1, 0.15) is 5.76 Å². The van der Waals surface area contributed by atoms with E-state index in [9.17, 15) is 14.5 Å². The Morgan fingerprint density at radius 2 is 1.90 bits per heavy atom. The van der Waals surface area contributed by atoms with Gasteiger partial charge in [0.2, 0.25) is 4.80 Å². The van der Waals surface area contributed by atoms with Crippen molar-refractivity contribution < 1.29 is 13.7 Å². The zero-order valence-electron chi connectivity index (χ0n) is 15.4. The highest BCUT2D eigenvalue weighted by Gasteiger charge is 2.13. The van der Waals surface area contributed by atoms with E-state index in [1.165, 1.54) is 58.6 Å². The van der Waals surface area contributed by atoms with Gasteiger partial charge in [-0.1, -0.05) is 23.2 Å². The normalized spacial score (nSPS) is 12.0. The van der Waals surface area contributed by atoms with Gasteiger partial charge in [-0.15, -0.1) is 11.3 Å². The molecule has 0 saturated heterocycles. The van der Waals surface area contributed by atoms with E-state index in [0.717, 1.165) is 0 Å². The number of hydrogen-bond donors (Lipinski definition) is 0. The van der Waals surface area contributed by atoms with Gasteiger partial charge in [0.05, 0.1) is 28.7 Å². The molecule has 0 aliphatic heterocycles. The summed E-state index contributed by atoms with van der Waals surface area (Å²) in [6.45, 7) is 0. The van der Waals surface area contributed by atoms with E-state index < -0.39 is 10.8 Å². The number of nitrogens with zero attached hydrogens (tertiary/aromatic N) is 4. The molecule has 2 aromatic carbocycles. The Bertz CT molecular complexity index is 1360. The minimum atomic E-state index is -0.636. The lowest BCUT2D eigenvalue weighted by atomic mass is 10.2. The largest absolute Gasteiger partial charge is 0.433 e. The van der Waals surface area contributed by atoms with Crippen molar-refractivity contribution >= 4 is 52.3 Å². The minimum Gasteiger partial charge on any atom is -0.400 e. The van der Waals surface area contributed by atoms with Crippen molar-refractivity contribution in [1.29, 1.82) is 0 Å². The fourth-order valence-corrected chi connectivity index (χ4v) is 3.97. The minimum absolute atomic E-state index is 0.186. The number of nitro groups is 1. The molecule has 0 N–H and O–H groups in total. The molecule has 0 aliphatic carbocycles. The van der Waals surface area contributed by atoms with Crippen molar-refractivity contribution in [2.24, 2.45) is 10.1 Å². The van der Waals surface area contributed by atoms with E-state index in [1.807, 2.05) is 0 Å². The predicted molar refractivity (Wildman–Crippen MR) is 118 cm³/mol. The molecule has 0 aliphatic rings. The summed E-state index contributed by atoms with van der Waals surface area (Å²) in [6, 6.07) is 13.4. The van der Waals surface area contributed by atoms with Gasteiger partial charge >= 0.3 is 5.88 Å². The molecule has 0 unspecified atom stereocenters. The number of halogens is 3. The molecule has 4 aromatic rings. The van der Waals surface area contributed by atoms with Crippen LogP contribution < -0.4 is 4.80 Å². The first-order valence-electron chi connectivity index (χ1n) is 8.65. The third-order valence-electron chi connectivity index (χ3n) is 4.04. The molecule has 4 rings (SSSR count). The summed E-state index contributed by atoms with van der Waals surface area (Å²) in [5, 5.41) is 17.9. The molecule has 2 aromatic heterocycles. The maximum Gasteiger partial charge on any atom is 0.433 e. The van der Waals surface area contributed by atoms with Crippen LogP contribution in [0.4, 0.5) is 16.0 Å². The smallest absolute Gasteiger partial charge is 0.400 e. The van der Waals surface area contributed by atoms with Crippen molar-refractivity contribution in [3.05, 3.63) is 96.5 Å². The van der Waals surface area contributed by atoms with Gasteiger partial charge in [-0.25, -0.2) is 14.1 Å². The van der Waals surface area contributed by atoms with Crippen LogP contribution in [0, 0.1) is 15.9 Å². The molecule has 0 atom stereocenters. The molecule has 31 heavy (non-hydrogen) atoms. The first-order chi connectivity index (χ1) is 14.9. The topological polar surface area (TPSA) is 85.9 Å². The molecule has 0 saturated carbocycles. The van der Waals surface area contributed by atoms with Crippen LogP contribution >= 0.6 is 34.5 Å². The van der Waals surface area contributed by atoms with Gasteiger partial charge in [0.1, 0.15) is 10.7 Å². The summed E-state index contributed by atoms with van der Waals surface area (Å²) in [5.74, 6) is -0.579. The number of rotatable bonds is 5. The van der Waals surface area contributed by atoms with Gasteiger partial charge < -0.3 is 4.42 Å². The Morgan fingerprint density at radius 1 is 1.13 bits per heavy atom. The summed E-state index contributed by atoms with van der Waals surface area (Å²) in [4.78, 5) is 15.2. The van der Waals surface area contributed by atoms with Crippen LogP contribution in [0.15, 0.2) is 74.5 Å². The maximum atomic E-state index is 13.2. The summed E-state index contributed by atoms with van der Waals surface area (Å²) in [6.07, 6.45) is 1.33. The van der Waals surface area contributed by atoms with Crippen molar-refractivity contribution in [1.82, 2.24) is 4.68 Å². The molecule has 0 fully saturated rings. The molecule has 0 bridgehead atoms.